The highest BCUT2D eigenvalue weighted by Gasteiger charge is 2.15. The van der Waals surface area contributed by atoms with E-state index in [-0.39, 0.29) is 5.91 Å². The molecule has 1 heterocycles. The Bertz CT molecular complexity index is 372. The predicted molar refractivity (Wildman–Crippen MR) is 64.2 cm³/mol. The second kappa shape index (κ2) is 4.99. The molecule has 4 N–H and O–H groups in total. The maximum atomic E-state index is 11.8. The first kappa shape index (κ1) is 11.0. The van der Waals surface area contributed by atoms with Crippen LogP contribution in [0, 0.1) is 0 Å². The van der Waals surface area contributed by atoms with Crippen LogP contribution in [0.5, 0.6) is 0 Å². The van der Waals surface area contributed by atoms with Crippen LogP contribution in [-0.2, 0) is 0 Å². The second-order valence-corrected chi connectivity index (χ2v) is 4.09. The molecule has 1 amide bonds. The highest BCUT2D eigenvalue weighted by Crippen LogP contribution is 2.10. The largest absolute Gasteiger partial charge is 0.398 e. The quantitative estimate of drug-likeness (QED) is 0.657. The van der Waals surface area contributed by atoms with Crippen LogP contribution in [-0.4, -0.2) is 25.0 Å². The molecule has 1 aromatic rings. The standard InChI is InChI=1S/C12H17N3O/c13-11-6-2-1-5-10(11)12(16)15-8-9-4-3-7-14-9/h1-2,5-6,9,14H,3-4,7-8,13H2,(H,15,16). The highest BCUT2D eigenvalue weighted by atomic mass is 16.1. The Balaban J connectivity index is 1.90. The molecule has 86 valence electrons. The summed E-state index contributed by atoms with van der Waals surface area (Å²) in [5.41, 5.74) is 6.81. The Hall–Kier alpha value is -1.55. The summed E-state index contributed by atoms with van der Waals surface area (Å²) in [6.45, 7) is 1.72. The van der Waals surface area contributed by atoms with Gasteiger partial charge in [0.15, 0.2) is 0 Å². The van der Waals surface area contributed by atoms with Crippen molar-refractivity contribution in [1.29, 1.82) is 0 Å². The van der Waals surface area contributed by atoms with Gasteiger partial charge in [-0.25, -0.2) is 0 Å². The van der Waals surface area contributed by atoms with Gasteiger partial charge in [0.2, 0.25) is 0 Å². The normalized spacial score (nSPS) is 19.6. The molecule has 4 heteroatoms. The Morgan fingerprint density at radius 1 is 1.50 bits per heavy atom. The summed E-state index contributed by atoms with van der Waals surface area (Å²) in [6.07, 6.45) is 2.32. The van der Waals surface area contributed by atoms with Gasteiger partial charge in [0.25, 0.3) is 5.91 Å². The molecule has 16 heavy (non-hydrogen) atoms. The molecule has 0 saturated carbocycles. The van der Waals surface area contributed by atoms with Gasteiger partial charge in [-0.3, -0.25) is 4.79 Å². The Morgan fingerprint density at radius 3 is 3.00 bits per heavy atom. The number of nitrogen functional groups attached to an aromatic ring is 1. The summed E-state index contributed by atoms with van der Waals surface area (Å²) in [4.78, 5) is 11.8. The van der Waals surface area contributed by atoms with Crippen LogP contribution in [0.25, 0.3) is 0 Å². The molecular weight excluding hydrogens is 202 g/mol. The fourth-order valence-electron chi connectivity index (χ4n) is 1.95. The number of benzene rings is 1. The van der Waals surface area contributed by atoms with Crippen molar-refractivity contribution < 1.29 is 4.79 Å². The van der Waals surface area contributed by atoms with Gasteiger partial charge in [-0.2, -0.15) is 0 Å². The lowest BCUT2D eigenvalue weighted by Gasteiger charge is -2.12. The first-order valence-electron chi connectivity index (χ1n) is 5.63. The highest BCUT2D eigenvalue weighted by molar-refractivity contribution is 5.99. The number of carbonyl (C=O) groups is 1. The minimum atomic E-state index is -0.0909. The lowest BCUT2D eigenvalue weighted by molar-refractivity contribution is 0.0951. The molecular formula is C12H17N3O. The SMILES string of the molecule is Nc1ccccc1C(=O)NCC1CCCN1. The molecule has 0 spiro atoms. The van der Waals surface area contributed by atoms with Gasteiger partial charge >= 0.3 is 0 Å². The number of amides is 1. The minimum absolute atomic E-state index is 0.0909. The summed E-state index contributed by atoms with van der Waals surface area (Å²) in [5.74, 6) is -0.0909. The Labute approximate surface area is 95.2 Å². The van der Waals surface area contributed by atoms with E-state index < -0.39 is 0 Å². The van der Waals surface area contributed by atoms with E-state index in [4.69, 9.17) is 5.73 Å². The van der Waals surface area contributed by atoms with Crippen LogP contribution in [0.3, 0.4) is 0 Å². The first-order valence-corrected chi connectivity index (χ1v) is 5.63. The van der Waals surface area contributed by atoms with E-state index in [2.05, 4.69) is 10.6 Å². The van der Waals surface area contributed by atoms with E-state index in [0.717, 1.165) is 13.0 Å². The third-order valence-corrected chi connectivity index (χ3v) is 2.88. The molecule has 0 radical (unpaired) electrons. The van der Waals surface area contributed by atoms with Crippen molar-refractivity contribution >= 4 is 11.6 Å². The molecule has 1 fully saturated rings. The van der Waals surface area contributed by atoms with Crippen LogP contribution in [0.15, 0.2) is 24.3 Å². The number of hydrogen-bond acceptors (Lipinski definition) is 3. The second-order valence-electron chi connectivity index (χ2n) is 4.09. The van der Waals surface area contributed by atoms with Crippen molar-refractivity contribution in [1.82, 2.24) is 10.6 Å². The van der Waals surface area contributed by atoms with Crippen LogP contribution < -0.4 is 16.4 Å². The number of carbonyl (C=O) groups excluding carboxylic acids is 1. The van der Waals surface area contributed by atoms with Crippen molar-refractivity contribution in [3.8, 4) is 0 Å². The molecule has 1 aliphatic heterocycles. The number of hydrogen-bond donors (Lipinski definition) is 3. The fraction of sp³-hybridized carbons (Fsp3) is 0.417. The smallest absolute Gasteiger partial charge is 0.253 e. The van der Waals surface area contributed by atoms with Gasteiger partial charge in [0.1, 0.15) is 0 Å². The average Bonchev–Trinajstić information content (AvgIpc) is 2.79. The monoisotopic (exact) mass is 219 g/mol. The zero-order chi connectivity index (χ0) is 11.4. The predicted octanol–water partition coefficient (Wildman–Crippen LogP) is 0.751. The summed E-state index contributed by atoms with van der Waals surface area (Å²) in [5, 5.41) is 6.23. The third kappa shape index (κ3) is 2.52. The summed E-state index contributed by atoms with van der Waals surface area (Å²) >= 11 is 0. The van der Waals surface area contributed by atoms with Crippen LogP contribution >= 0.6 is 0 Å². The molecule has 1 aliphatic rings. The maximum Gasteiger partial charge on any atom is 0.253 e. The molecule has 4 nitrogen and oxygen atoms in total. The topological polar surface area (TPSA) is 67.2 Å². The van der Waals surface area contributed by atoms with Crippen molar-refractivity contribution in [2.45, 2.75) is 18.9 Å². The van der Waals surface area contributed by atoms with E-state index in [1.54, 1.807) is 12.1 Å². The molecule has 1 atom stereocenters. The van der Waals surface area contributed by atoms with Crippen molar-refractivity contribution in [2.24, 2.45) is 0 Å². The lowest BCUT2D eigenvalue weighted by atomic mass is 10.1. The Kier molecular flexibility index (Phi) is 3.41. The fourth-order valence-corrected chi connectivity index (χ4v) is 1.95. The van der Waals surface area contributed by atoms with E-state index in [1.807, 2.05) is 12.1 Å². The molecule has 2 rings (SSSR count). The van der Waals surface area contributed by atoms with Crippen LogP contribution in [0.1, 0.15) is 23.2 Å². The maximum absolute atomic E-state index is 11.8. The number of nitrogens with one attached hydrogen (secondary N) is 2. The van der Waals surface area contributed by atoms with E-state index in [9.17, 15) is 4.79 Å². The molecule has 1 saturated heterocycles. The van der Waals surface area contributed by atoms with Gasteiger partial charge in [0.05, 0.1) is 5.56 Å². The van der Waals surface area contributed by atoms with Crippen molar-refractivity contribution in [3.05, 3.63) is 29.8 Å². The van der Waals surface area contributed by atoms with Gasteiger partial charge in [-0.15, -0.1) is 0 Å². The summed E-state index contributed by atoms with van der Waals surface area (Å²) in [7, 11) is 0. The number of nitrogens with two attached hydrogens (primary N) is 1. The summed E-state index contributed by atoms with van der Waals surface area (Å²) in [6, 6.07) is 7.54. The van der Waals surface area contributed by atoms with E-state index in [0.29, 0.717) is 23.8 Å². The molecule has 0 aromatic heterocycles. The molecule has 1 unspecified atom stereocenters. The molecule has 1 aromatic carbocycles. The van der Waals surface area contributed by atoms with Crippen molar-refractivity contribution in [2.75, 3.05) is 18.8 Å². The van der Waals surface area contributed by atoms with Gasteiger partial charge < -0.3 is 16.4 Å². The van der Waals surface area contributed by atoms with Gasteiger partial charge in [0, 0.05) is 18.3 Å². The minimum Gasteiger partial charge on any atom is -0.398 e. The average molecular weight is 219 g/mol. The molecule has 0 aliphatic carbocycles. The van der Waals surface area contributed by atoms with Gasteiger partial charge in [-0.05, 0) is 31.5 Å². The Morgan fingerprint density at radius 2 is 2.31 bits per heavy atom. The van der Waals surface area contributed by atoms with E-state index >= 15 is 0 Å². The van der Waals surface area contributed by atoms with E-state index in [1.165, 1.54) is 6.42 Å². The van der Waals surface area contributed by atoms with Crippen molar-refractivity contribution in [3.63, 3.8) is 0 Å². The van der Waals surface area contributed by atoms with Crippen LogP contribution in [0.4, 0.5) is 5.69 Å². The molecule has 0 bridgehead atoms. The zero-order valence-electron chi connectivity index (χ0n) is 9.20. The van der Waals surface area contributed by atoms with Crippen LogP contribution in [0.2, 0.25) is 0 Å². The zero-order valence-corrected chi connectivity index (χ0v) is 9.20. The van der Waals surface area contributed by atoms with Gasteiger partial charge in [-0.1, -0.05) is 12.1 Å². The number of rotatable bonds is 3. The number of anilines is 1. The first-order chi connectivity index (χ1) is 7.77. The third-order valence-electron chi connectivity index (χ3n) is 2.88. The number of para-hydroxylation sites is 1. The lowest BCUT2D eigenvalue weighted by Crippen LogP contribution is -2.37. The summed E-state index contributed by atoms with van der Waals surface area (Å²) < 4.78 is 0.